The van der Waals surface area contributed by atoms with Gasteiger partial charge in [-0.05, 0) is 31.3 Å². The molecule has 21 heavy (non-hydrogen) atoms. The SMILES string of the molecule is CCOC(=O)N[C@H](C(=O)N[C@@H](CCSC)C(=O)O)C(C)C. The van der Waals surface area contributed by atoms with E-state index in [0.29, 0.717) is 12.2 Å². The molecule has 0 aromatic carbocycles. The smallest absolute Gasteiger partial charge is 0.407 e. The number of rotatable bonds is 9. The van der Waals surface area contributed by atoms with Gasteiger partial charge in [-0.15, -0.1) is 0 Å². The number of hydrogen-bond donors (Lipinski definition) is 3. The molecule has 0 fully saturated rings. The lowest BCUT2D eigenvalue weighted by Gasteiger charge is -2.23. The molecule has 0 heterocycles. The minimum atomic E-state index is -1.09. The zero-order valence-electron chi connectivity index (χ0n) is 12.8. The number of carboxylic acids is 1. The van der Waals surface area contributed by atoms with Gasteiger partial charge in [0.1, 0.15) is 12.1 Å². The normalized spacial score (nSPS) is 13.4. The van der Waals surface area contributed by atoms with Crippen LogP contribution in [0.15, 0.2) is 0 Å². The fourth-order valence-corrected chi connectivity index (χ4v) is 2.06. The van der Waals surface area contributed by atoms with Gasteiger partial charge < -0.3 is 20.5 Å². The number of hydrogen-bond acceptors (Lipinski definition) is 5. The van der Waals surface area contributed by atoms with E-state index in [0.717, 1.165) is 0 Å². The third-order valence-electron chi connectivity index (χ3n) is 2.72. The average Bonchev–Trinajstić information content (AvgIpc) is 2.40. The van der Waals surface area contributed by atoms with E-state index in [1.54, 1.807) is 20.8 Å². The Balaban J connectivity index is 4.71. The van der Waals surface area contributed by atoms with Gasteiger partial charge in [-0.2, -0.15) is 11.8 Å². The van der Waals surface area contributed by atoms with Gasteiger partial charge in [0, 0.05) is 0 Å². The molecule has 3 N–H and O–H groups in total. The Bertz CT molecular complexity index is 362. The van der Waals surface area contributed by atoms with Gasteiger partial charge in [0.2, 0.25) is 5.91 Å². The Hall–Kier alpha value is -1.44. The van der Waals surface area contributed by atoms with Crippen LogP contribution < -0.4 is 10.6 Å². The lowest BCUT2D eigenvalue weighted by molar-refractivity contribution is -0.142. The Morgan fingerprint density at radius 3 is 2.29 bits per heavy atom. The molecule has 0 saturated carbocycles. The molecule has 0 spiro atoms. The summed E-state index contributed by atoms with van der Waals surface area (Å²) in [4.78, 5) is 34.7. The Morgan fingerprint density at radius 1 is 1.24 bits per heavy atom. The molecule has 0 saturated heterocycles. The number of aliphatic carboxylic acids is 1. The predicted octanol–water partition coefficient (Wildman–Crippen LogP) is 1.08. The van der Waals surface area contributed by atoms with Gasteiger partial charge in [-0.3, -0.25) is 4.79 Å². The first-order valence-electron chi connectivity index (χ1n) is 6.78. The highest BCUT2D eigenvalue weighted by atomic mass is 32.2. The molecular weight excluding hydrogens is 296 g/mol. The molecule has 0 aliphatic rings. The van der Waals surface area contributed by atoms with Gasteiger partial charge in [0.15, 0.2) is 0 Å². The van der Waals surface area contributed by atoms with Crippen molar-refractivity contribution in [2.45, 2.75) is 39.3 Å². The Kier molecular flexibility index (Phi) is 9.60. The second kappa shape index (κ2) is 10.3. The minimum absolute atomic E-state index is 0.190. The number of amides is 2. The molecule has 0 unspecified atom stereocenters. The standard InChI is InChI=1S/C13H24N2O5S/c1-5-20-13(19)15-10(8(2)3)11(16)14-9(12(17)18)6-7-21-4/h8-10H,5-7H2,1-4H3,(H,14,16)(H,15,19)(H,17,18)/t9-,10-/m0/s1. The predicted molar refractivity (Wildman–Crippen MR) is 81.3 cm³/mol. The van der Waals surface area contributed by atoms with Crippen LogP contribution in [0.2, 0.25) is 0 Å². The lowest BCUT2D eigenvalue weighted by atomic mass is 10.0. The van der Waals surface area contributed by atoms with Gasteiger partial charge in [0.05, 0.1) is 6.61 Å². The molecule has 0 bridgehead atoms. The van der Waals surface area contributed by atoms with E-state index in [1.165, 1.54) is 11.8 Å². The van der Waals surface area contributed by atoms with E-state index in [9.17, 15) is 14.4 Å². The highest BCUT2D eigenvalue weighted by molar-refractivity contribution is 7.98. The zero-order chi connectivity index (χ0) is 16.4. The fraction of sp³-hybridized carbons (Fsp3) is 0.769. The van der Waals surface area contributed by atoms with Gasteiger partial charge in [-0.25, -0.2) is 9.59 Å². The third kappa shape index (κ3) is 7.79. The number of carbonyl (C=O) groups is 3. The van der Waals surface area contributed by atoms with E-state index in [4.69, 9.17) is 9.84 Å². The number of carbonyl (C=O) groups excluding carboxylic acids is 2. The van der Waals surface area contributed by atoms with Crippen LogP contribution in [0.3, 0.4) is 0 Å². The van der Waals surface area contributed by atoms with Crippen LogP contribution in [0, 0.1) is 5.92 Å². The first kappa shape index (κ1) is 19.6. The zero-order valence-corrected chi connectivity index (χ0v) is 13.7. The van der Waals surface area contributed by atoms with E-state index in [1.807, 2.05) is 6.26 Å². The molecule has 2 atom stereocenters. The summed E-state index contributed by atoms with van der Waals surface area (Å²) in [6.45, 7) is 5.37. The monoisotopic (exact) mass is 320 g/mol. The van der Waals surface area contributed by atoms with Crippen LogP contribution in [0.1, 0.15) is 27.2 Å². The van der Waals surface area contributed by atoms with Crippen molar-refractivity contribution < 1.29 is 24.2 Å². The summed E-state index contributed by atoms with van der Waals surface area (Å²) in [5.74, 6) is -1.18. The number of alkyl carbamates (subject to hydrolysis) is 1. The van der Waals surface area contributed by atoms with E-state index in [-0.39, 0.29) is 12.5 Å². The molecule has 0 aliphatic heterocycles. The summed E-state index contributed by atoms with van der Waals surface area (Å²) in [5, 5.41) is 14.0. The molecule has 7 nitrogen and oxygen atoms in total. The van der Waals surface area contributed by atoms with Crippen LogP contribution in [0.5, 0.6) is 0 Å². The molecular formula is C13H24N2O5S. The second-order valence-electron chi connectivity index (χ2n) is 4.77. The summed E-state index contributed by atoms with van der Waals surface area (Å²) >= 11 is 1.50. The minimum Gasteiger partial charge on any atom is -0.480 e. The average molecular weight is 320 g/mol. The van der Waals surface area contributed by atoms with Crippen LogP contribution in [0.25, 0.3) is 0 Å². The van der Waals surface area contributed by atoms with Crippen LogP contribution in [0.4, 0.5) is 4.79 Å². The molecule has 2 amide bonds. The molecule has 0 aromatic heterocycles. The van der Waals surface area contributed by atoms with Crippen molar-refractivity contribution in [2.75, 3.05) is 18.6 Å². The second-order valence-corrected chi connectivity index (χ2v) is 5.75. The van der Waals surface area contributed by atoms with Crippen molar-refractivity contribution in [3.05, 3.63) is 0 Å². The maximum absolute atomic E-state index is 12.2. The Morgan fingerprint density at radius 2 is 1.86 bits per heavy atom. The van der Waals surface area contributed by atoms with E-state index >= 15 is 0 Å². The fourth-order valence-electron chi connectivity index (χ4n) is 1.59. The van der Waals surface area contributed by atoms with Crippen molar-refractivity contribution in [2.24, 2.45) is 5.92 Å². The molecule has 0 radical (unpaired) electrons. The quantitative estimate of drug-likeness (QED) is 0.587. The number of thioether (sulfide) groups is 1. The topological polar surface area (TPSA) is 105 Å². The maximum Gasteiger partial charge on any atom is 0.407 e. The molecule has 0 aliphatic carbocycles. The molecule has 0 aromatic rings. The summed E-state index contributed by atoms with van der Waals surface area (Å²) in [6.07, 6.45) is 1.49. The summed E-state index contributed by atoms with van der Waals surface area (Å²) in [7, 11) is 0. The summed E-state index contributed by atoms with van der Waals surface area (Å²) < 4.78 is 4.74. The molecule has 122 valence electrons. The third-order valence-corrected chi connectivity index (χ3v) is 3.37. The number of ether oxygens (including phenoxy) is 1. The highest BCUT2D eigenvalue weighted by Gasteiger charge is 2.28. The largest absolute Gasteiger partial charge is 0.480 e. The summed E-state index contributed by atoms with van der Waals surface area (Å²) in [6, 6.07) is -1.80. The lowest BCUT2D eigenvalue weighted by Crippen LogP contribution is -2.53. The summed E-state index contributed by atoms with van der Waals surface area (Å²) in [5.41, 5.74) is 0. The Labute approximate surface area is 129 Å². The van der Waals surface area contributed by atoms with E-state index < -0.39 is 30.1 Å². The van der Waals surface area contributed by atoms with Gasteiger partial charge >= 0.3 is 12.1 Å². The number of carboxylic acid groups (broad SMARTS) is 1. The van der Waals surface area contributed by atoms with Gasteiger partial charge in [0.25, 0.3) is 0 Å². The van der Waals surface area contributed by atoms with Crippen molar-refractivity contribution in [3.8, 4) is 0 Å². The molecule has 0 rings (SSSR count). The highest BCUT2D eigenvalue weighted by Crippen LogP contribution is 2.06. The first-order valence-corrected chi connectivity index (χ1v) is 8.18. The maximum atomic E-state index is 12.2. The van der Waals surface area contributed by atoms with Crippen LogP contribution in [-0.4, -0.2) is 53.8 Å². The van der Waals surface area contributed by atoms with E-state index in [2.05, 4.69) is 10.6 Å². The van der Waals surface area contributed by atoms with Gasteiger partial charge in [-0.1, -0.05) is 13.8 Å². The van der Waals surface area contributed by atoms with Crippen LogP contribution in [-0.2, 0) is 14.3 Å². The van der Waals surface area contributed by atoms with Crippen molar-refractivity contribution in [1.29, 1.82) is 0 Å². The van der Waals surface area contributed by atoms with Crippen LogP contribution >= 0.6 is 11.8 Å². The van der Waals surface area contributed by atoms with Crippen molar-refractivity contribution in [3.63, 3.8) is 0 Å². The first-order chi connectivity index (χ1) is 9.83. The van der Waals surface area contributed by atoms with Crippen molar-refractivity contribution >= 4 is 29.7 Å². The van der Waals surface area contributed by atoms with Crippen molar-refractivity contribution in [1.82, 2.24) is 10.6 Å². The molecule has 8 heteroatoms. The number of nitrogens with one attached hydrogen (secondary N) is 2.